The quantitative estimate of drug-likeness (QED) is 0.545. The van der Waals surface area contributed by atoms with Crippen LogP contribution in [0, 0.1) is 5.82 Å². The van der Waals surface area contributed by atoms with Crippen molar-refractivity contribution >= 4 is 49.0 Å². The molecule has 1 saturated heterocycles. The zero-order valence-electron chi connectivity index (χ0n) is 19.9. The first-order valence-electron chi connectivity index (χ1n) is 11.7. The van der Waals surface area contributed by atoms with Gasteiger partial charge >= 0.3 is 6.03 Å². The molecule has 0 aliphatic carbocycles. The Bertz CT molecular complexity index is 1400. The molecule has 3 aromatic rings. The van der Waals surface area contributed by atoms with E-state index in [2.05, 4.69) is 20.2 Å². The van der Waals surface area contributed by atoms with Crippen LogP contribution in [0.2, 0.25) is 0 Å². The van der Waals surface area contributed by atoms with Gasteiger partial charge < -0.3 is 15.1 Å². The van der Waals surface area contributed by atoms with Crippen LogP contribution in [-0.2, 0) is 16.6 Å². The highest BCUT2D eigenvalue weighted by Gasteiger charge is 2.25. The van der Waals surface area contributed by atoms with E-state index in [9.17, 15) is 17.6 Å². The molecule has 4 heterocycles. The van der Waals surface area contributed by atoms with Gasteiger partial charge in [0.05, 0.1) is 16.5 Å². The largest absolute Gasteiger partial charge is 0.352 e. The van der Waals surface area contributed by atoms with E-state index in [1.54, 1.807) is 34.7 Å². The predicted octanol–water partition coefficient (Wildman–Crippen LogP) is 2.91. The molecule has 5 rings (SSSR count). The summed E-state index contributed by atoms with van der Waals surface area (Å²) in [6.07, 6.45) is 5.44. The van der Waals surface area contributed by atoms with Crippen LogP contribution in [0.4, 0.5) is 15.0 Å². The molecule has 2 aliphatic rings. The summed E-state index contributed by atoms with van der Waals surface area (Å²) in [5.41, 5.74) is 2.84. The molecule has 0 radical (unpaired) electrons. The van der Waals surface area contributed by atoms with E-state index >= 15 is 0 Å². The highest BCUT2D eigenvalue weighted by atomic mass is 32.2. The lowest BCUT2D eigenvalue weighted by Crippen LogP contribution is -2.51. The first-order valence-corrected chi connectivity index (χ1v) is 14.4. The number of fused-ring (bicyclic) bond motifs is 1. The van der Waals surface area contributed by atoms with Crippen molar-refractivity contribution in [2.75, 3.05) is 50.4 Å². The molecule has 0 bridgehead atoms. The van der Waals surface area contributed by atoms with Crippen LogP contribution in [0.25, 0.3) is 15.8 Å². The fourth-order valence-electron chi connectivity index (χ4n) is 4.41. The topological polar surface area (TPSA) is 98.7 Å². The second kappa shape index (κ2) is 10.1. The van der Waals surface area contributed by atoms with Crippen LogP contribution >= 0.6 is 11.3 Å². The molecule has 1 aromatic carbocycles. The predicted molar refractivity (Wildman–Crippen MR) is 139 cm³/mol. The van der Waals surface area contributed by atoms with Crippen LogP contribution < -0.4 is 10.2 Å². The fourth-order valence-corrected chi connectivity index (χ4v) is 6.38. The molecule has 0 saturated carbocycles. The number of sulfonamides is 1. The van der Waals surface area contributed by atoms with Gasteiger partial charge in [-0.05, 0) is 35.8 Å². The monoisotopic (exact) mass is 530 g/mol. The molecule has 1 N–H and O–H groups in total. The molecule has 2 amide bonds. The minimum atomic E-state index is -3.19. The highest BCUT2D eigenvalue weighted by molar-refractivity contribution is 7.88. The van der Waals surface area contributed by atoms with Crippen molar-refractivity contribution in [3.8, 4) is 0 Å². The van der Waals surface area contributed by atoms with Gasteiger partial charge in [0.15, 0.2) is 0 Å². The van der Waals surface area contributed by atoms with Crippen molar-refractivity contribution in [2.45, 2.75) is 13.0 Å². The molecule has 190 valence electrons. The lowest BCUT2D eigenvalue weighted by atomic mass is 10.1. The fraction of sp³-hybridized carbons (Fsp3) is 0.375. The van der Waals surface area contributed by atoms with Gasteiger partial charge in [0.2, 0.25) is 10.0 Å². The number of thiophene rings is 1. The summed E-state index contributed by atoms with van der Waals surface area (Å²) in [7, 11) is -3.19. The molecule has 0 unspecified atom stereocenters. The maximum atomic E-state index is 13.1. The number of benzene rings is 1. The molecular formula is C24H27FN6O3S2. The van der Waals surface area contributed by atoms with Crippen LogP contribution in [0.1, 0.15) is 16.9 Å². The summed E-state index contributed by atoms with van der Waals surface area (Å²) >= 11 is 1.62. The van der Waals surface area contributed by atoms with Crippen molar-refractivity contribution in [2.24, 2.45) is 0 Å². The van der Waals surface area contributed by atoms with Crippen LogP contribution in [0.5, 0.6) is 0 Å². The minimum Gasteiger partial charge on any atom is -0.352 e. The van der Waals surface area contributed by atoms with Crippen molar-refractivity contribution < 1.29 is 17.6 Å². The number of amides is 2. The first kappa shape index (κ1) is 24.6. The number of piperazine rings is 1. The first-order chi connectivity index (χ1) is 17.3. The second-order valence-corrected chi connectivity index (χ2v) is 11.9. The summed E-state index contributed by atoms with van der Waals surface area (Å²) in [6.45, 7) is 3.62. The van der Waals surface area contributed by atoms with Crippen LogP contribution in [0.3, 0.4) is 0 Å². The SMILES string of the molecule is CS(=O)(=O)N1CC=C(c2cc3ncnc(N4CCN(C(=O)NCc5ccc(F)cc5)CC4)c3s2)CC1. The van der Waals surface area contributed by atoms with Crippen molar-refractivity contribution in [1.82, 2.24) is 24.5 Å². The molecular weight excluding hydrogens is 503 g/mol. The Kier molecular flexibility index (Phi) is 6.91. The lowest BCUT2D eigenvalue weighted by Gasteiger charge is -2.35. The van der Waals surface area contributed by atoms with Crippen molar-refractivity contribution in [1.29, 1.82) is 0 Å². The molecule has 0 atom stereocenters. The van der Waals surface area contributed by atoms with E-state index in [1.807, 2.05) is 12.1 Å². The second-order valence-electron chi connectivity index (χ2n) is 8.88. The molecule has 9 nitrogen and oxygen atoms in total. The maximum absolute atomic E-state index is 13.1. The third-order valence-corrected chi connectivity index (χ3v) is 8.94. The number of rotatable bonds is 5. The van der Waals surface area contributed by atoms with Gasteiger partial charge in [-0.3, -0.25) is 0 Å². The van der Waals surface area contributed by atoms with Gasteiger partial charge in [-0.1, -0.05) is 18.2 Å². The molecule has 36 heavy (non-hydrogen) atoms. The number of nitrogens with one attached hydrogen (secondary N) is 1. The maximum Gasteiger partial charge on any atom is 0.317 e. The van der Waals surface area contributed by atoms with Crippen molar-refractivity contribution in [3.63, 3.8) is 0 Å². The normalized spacial score (nSPS) is 17.3. The van der Waals surface area contributed by atoms with Crippen LogP contribution in [-0.4, -0.2) is 79.1 Å². The van der Waals surface area contributed by atoms with Gasteiger partial charge in [-0.25, -0.2) is 27.6 Å². The third-order valence-electron chi connectivity index (χ3n) is 6.47. The summed E-state index contributed by atoms with van der Waals surface area (Å²) in [5, 5.41) is 2.90. The average Bonchev–Trinajstić information content (AvgIpc) is 3.32. The number of anilines is 1. The van der Waals surface area contributed by atoms with Gasteiger partial charge in [-0.2, -0.15) is 4.31 Å². The summed E-state index contributed by atoms with van der Waals surface area (Å²) in [4.78, 5) is 26.6. The zero-order valence-corrected chi connectivity index (χ0v) is 21.5. The number of carbonyl (C=O) groups excluding carboxylic acids is 1. The summed E-state index contributed by atoms with van der Waals surface area (Å²) in [5.74, 6) is 0.559. The Balaban J connectivity index is 1.23. The molecule has 12 heteroatoms. The van der Waals surface area contributed by atoms with E-state index in [1.165, 1.54) is 22.7 Å². The molecule has 1 fully saturated rings. The van der Waals surface area contributed by atoms with E-state index in [0.29, 0.717) is 52.2 Å². The van der Waals surface area contributed by atoms with Gasteiger partial charge in [0.1, 0.15) is 18.0 Å². The van der Waals surface area contributed by atoms with Gasteiger partial charge in [-0.15, -0.1) is 11.3 Å². The average molecular weight is 531 g/mol. The Hall–Kier alpha value is -3.09. The Labute approximate surface area is 213 Å². The molecule has 2 aliphatic heterocycles. The Morgan fingerprint density at radius 3 is 2.53 bits per heavy atom. The lowest BCUT2D eigenvalue weighted by molar-refractivity contribution is 0.194. The van der Waals surface area contributed by atoms with E-state index in [0.717, 1.165) is 32.0 Å². The number of halogens is 1. The summed E-state index contributed by atoms with van der Waals surface area (Å²) in [6, 6.07) is 7.99. The number of urea groups is 1. The zero-order chi connectivity index (χ0) is 25.3. The molecule has 0 spiro atoms. The Morgan fingerprint density at radius 2 is 1.86 bits per heavy atom. The molecule has 2 aromatic heterocycles. The van der Waals surface area contributed by atoms with E-state index < -0.39 is 10.0 Å². The van der Waals surface area contributed by atoms with E-state index in [-0.39, 0.29) is 11.8 Å². The minimum absolute atomic E-state index is 0.141. The van der Waals surface area contributed by atoms with Gasteiger partial charge in [0, 0.05) is 50.7 Å². The van der Waals surface area contributed by atoms with E-state index in [4.69, 9.17) is 0 Å². The van der Waals surface area contributed by atoms with Gasteiger partial charge in [0.25, 0.3) is 0 Å². The number of aromatic nitrogens is 2. The Morgan fingerprint density at radius 1 is 1.11 bits per heavy atom. The standard InChI is InChI=1S/C24H27FN6O3S2/c1-36(33,34)31-8-6-18(7-9-31)21-14-20-22(35-21)23(28-16-27-20)29-10-12-30(13-11-29)24(32)26-15-17-2-4-19(25)5-3-17/h2-6,14,16H,7-13,15H2,1H3,(H,26,32). The third kappa shape index (κ3) is 5.35. The van der Waals surface area contributed by atoms with Crippen LogP contribution in [0.15, 0.2) is 42.7 Å². The highest BCUT2D eigenvalue weighted by Crippen LogP contribution is 2.37. The number of hydrogen-bond donors (Lipinski definition) is 1. The number of carbonyl (C=O) groups is 1. The van der Waals surface area contributed by atoms with Crippen molar-refractivity contribution in [3.05, 3.63) is 59.0 Å². The smallest absolute Gasteiger partial charge is 0.317 e. The number of nitrogens with zero attached hydrogens (tertiary/aromatic N) is 5. The summed E-state index contributed by atoms with van der Waals surface area (Å²) < 4.78 is 39.1. The number of hydrogen-bond acceptors (Lipinski definition) is 7.